The molecular weight excluding hydrogens is 139 g/mol. The molecule has 0 bridgehead atoms. The molecule has 0 radical (unpaired) electrons. The Balaban J connectivity index is 2.47. The molecule has 0 amide bonds. The first-order valence-corrected chi connectivity index (χ1v) is 3.66. The van der Waals surface area contributed by atoms with Gasteiger partial charge in [0.05, 0.1) is 12.0 Å². The molecule has 2 N–H and O–H groups in total. The maximum absolute atomic E-state index is 5.80. The molecule has 1 aromatic rings. The van der Waals surface area contributed by atoms with Gasteiger partial charge in [-0.15, -0.1) is 0 Å². The number of aromatic nitrogens is 1. The Labute approximate surface area is 66.0 Å². The number of pyridine rings is 1. The lowest BCUT2D eigenvalue weighted by atomic mass is 9.93. The summed E-state index contributed by atoms with van der Waals surface area (Å²) in [5, 5.41) is 0. The molecule has 0 spiro atoms. The van der Waals surface area contributed by atoms with Crippen molar-refractivity contribution in [1.29, 1.82) is 0 Å². The van der Waals surface area contributed by atoms with Crippen LogP contribution in [0.15, 0.2) is 18.3 Å². The van der Waals surface area contributed by atoms with Crippen LogP contribution in [0.5, 0.6) is 5.75 Å². The number of hydrogen-bond donors (Lipinski definition) is 1. The Morgan fingerprint density at radius 1 is 1.64 bits per heavy atom. The molecular formula is C7H9BN2O. The first-order valence-electron chi connectivity index (χ1n) is 3.66. The second kappa shape index (κ2) is 2.24. The number of rotatable bonds is 0. The van der Waals surface area contributed by atoms with Crippen LogP contribution in [0, 0.1) is 0 Å². The third-order valence-corrected chi connectivity index (χ3v) is 1.93. The van der Waals surface area contributed by atoms with Crippen LogP contribution >= 0.6 is 0 Å². The molecule has 1 aliphatic heterocycles. The molecule has 1 aliphatic rings. The van der Waals surface area contributed by atoms with Crippen molar-refractivity contribution in [2.24, 2.45) is 5.73 Å². The zero-order chi connectivity index (χ0) is 7.84. The van der Waals surface area contributed by atoms with Crippen molar-refractivity contribution in [3.63, 3.8) is 0 Å². The van der Waals surface area contributed by atoms with Crippen molar-refractivity contribution >= 4 is 7.85 Å². The van der Waals surface area contributed by atoms with Gasteiger partial charge >= 0.3 is 0 Å². The molecule has 0 fully saturated rings. The van der Waals surface area contributed by atoms with Gasteiger partial charge in [-0.2, -0.15) is 0 Å². The number of fused-ring (bicyclic) bond motifs is 1. The van der Waals surface area contributed by atoms with E-state index >= 15 is 0 Å². The Hall–Kier alpha value is -1.03. The zero-order valence-electron chi connectivity index (χ0n) is 6.32. The Kier molecular flexibility index (Phi) is 1.36. The summed E-state index contributed by atoms with van der Waals surface area (Å²) in [4.78, 5) is 4.14. The molecule has 11 heavy (non-hydrogen) atoms. The normalized spacial score (nSPS) is 27.7. The number of ether oxygens (including phenoxy) is 1. The van der Waals surface area contributed by atoms with Crippen LogP contribution in [0.4, 0.5) is 0 Å². The fraction of sp³-hybridized carbons (Fsp3) is 0.286. The quantitative estimate of drug-likeness (QED) is 0.501. The van der Waals surface area contributed by atoms with E-state index in [9.17, 15) is 0 Å². The highest BCUT2D eigenvalue weighted by Gasteiger charge is 2.28. The van der Waals surface area contributed by atoms with Crippen molar-refractivity contribution in [2.75, 3.05) is 0 Å². The van der Waals surface area contributed by atoms with Crippen LogP contribution in [-0.2, 0) is 0 Å². The van der Waals surface area contributed by atoms with Crippen LogP contribution in [-0.4, -0.2) is 18.8 Å². The van der Waals surface area contributed by atoms with Gasteiger partial charge in [0.25, 0.3) is 0 Å². The van der Waals surface area contributed by atoms with Gasteiger partial charge in [-0.3, -0.25) is 4.98 Å². The van der Waals surface area contributed by atoms with E-state index in [0.717, 1.165) is 11.4 Å². The molecule has 2 rings (SSSR count). The van der Waals surface area contributed by atoms with Gasteiger partial charge in [0.1, 0.15) is 11.4 Å². The van der Waals surface area contributed by atoms with Gasteiger partial charge in [-0.05, 0) is 12.1 Å². The van der Waals surface area contributed by atoms with Crippen molar-refractivity contribution in [3.8, 4) is 5.75 Å². The van der Waals surface area contributed by atoms with Crippen molar-refractivity contribution in [3.05, 3.63) is 24.0 Å². The van der Waals surface area contributed by atoms with Crippen LogP contribution in [0.1, 0.15) is 11.7 Å². The Bertz CT molecular complexity index is 279. The highest BCUT2D eigenvalue weighted by molar-refractivity contribution is 6.12. The number of nitrogens with zero attached hydrogens (tertiary/aromatic N) is 1. The summed E-state index contributed by atoms with van der Waals surface area (Å²) in [7, 11) is 1.95. The van der Waals surface area contributed by atoms with Crippen molar-refractivity contribution < 1.29 is 4.74 Å². The van der Waals surface area contributed by atoms with Gasteiger partial charge in [-0.1, -0.05) is 0 Å². The number of nitrogens with two attached hydrogens (primary N) is 1. The molecule has 4 heteroatoms. The lowest BCUT2D eigenvalue weighted by Gasteiger charge is -2.06. The van der Waals surface area contributed by atoms with E-state index in [2.05, 4.69) is 4.98 Å². The predicted octanol–water partition coefficient (Wildman–Crippen LogP) is -0.567. The van der Waals surface area contributed by atoms with Gasteiger partial charge in [0, 0.05) is 6.20 Å². The third kappa shape index (κ3) is 0.904. The summed E-state index contributed by atoms with van der Waals surface area (Å²) in [5.74, 6) is 0.826. The summed E-state index contributed by atoms with van der Waals surface area (Å²) in [5.41, 5.74) is 6.68. The average Bonchev–Trinajstić information content (AvgIpc) is 2.30. The minimum absolute atomic E-state index is 0.0555. The molecule has 3 nitrogen and oxygen atoms in total. The number of hydrogen-bond acceptors (Lipinski definition) is 3. The van der Waals surface area contributed by atoms with E-state index in [1.165, 1.54) is 0 Å². The molecule has 1 aromatic heterocycles. The fourth-order valence-electron chi connectivity index (χ4n) is 1.25. The van der Waals surface area contributed by atoms with E-state index < -0.39 is 0 Å². The first kappa shape index (κ1) is 6.67. The maximum Gasteiger partial charge on any atom is 0.157 e. The van der Waals surface area contributed by atoms with Crippen molar-refractivity contribution in [1.82, 2.24) is 4.98 Å². The summed E-state index contributed by atoms with van der Waals surface area (Å²) >= 11 is 0. The Morgan fingerprint density at radius 2 is 2.45 bits per heavy atom. The van der Waals surface area contributed by atoms with Gasteiger partial charge < -0.3 is 10.5 Å². The molecule has 0 aromatic carbocycles. The van der Waals surface area contributed by atoms with Crippen LogP contribution < -0.4 is 10.5 Å². The standard InChI is InChI=1S/C7H9BN2O/c8-7-5(9)6-4(11-7)2-1-3-10-6/h1-3,5,7H,8-9H2. The summed E-state index contributed by atoms with van der Waals surface area (Å²) < 4.78 is 5.43. The summed E-state index contributed by atoms with van der Waals surface area (Å²) in [6.45, 7) is 0. The van der Waals surface area contributed by atoms with E-state index in [-0.39, 0.29) is 12.0 Å². The topological polar surface area (TPSA) is 48.1 Å². The molecule has 0 saturated carbocycles. The second-order valence-corrected chi connectivity index (χ2v) is 2.74. The highest BCUT2D eigenvalue weighted by Crippen LogP contribution is 2.31. The van der Waals surface area contributed by atoms with Crippen LogP contribution in [0.3, 0.4) is 0 Å². The monoisotopic (exact) mass is 148 g/mol. The van der Waals surface area contributed by atoms with Crippen LogP contribution in [0.25, 0.3) is 0 Å². The van der Waals surface area contributed by atoms with E-state index in [1.807, 2.05) is 20.0 Å². The van der Waals surface area contributed by atoms with E-state index in [4.69, 9.17) is 10.5 Å². The van der Waals surface area contributed by atoms with Crippen molar-refractivity contribution in [2.45, 2.75) is 12.0 Å². The fourth-order valence-corrected chi connectivity index (χ4v) is 1.25. The van der Waals surface area contributed by atoms with Gasteiger partial charge in [0.15, 0.2) is 7.85 Å². The molecule has 2 heterocycles. The second-order valence-electron chi connectivity index (χ2n) is 2.74. The lowest BCUT2D eigenvalue weighted by molar-refractivity contribution is 0.290. The smallest absolute Gasteiger partial charge is 0.157 e. The van der Waals surface area contributed by atoms with Gasteiger partial charge in [-0.25, -0.2) is 0 Å². The molecule has 2 atom stereocenters. The molecule has 0 saturated heterocycles. The summed E-state index contributed by atoms with van der Waals surface area (Å²) in [6, 6.07) is 3.74. The largest absolute Gasteiger partial charge is 0.496 e. The van der Waals surface area contributed by atoms with E-state index in [0.29, 0.717) is 0 Å². The highest BCUT2D eigenvalue weighted by atomic mass is 16.5. The Morgan fingerprint density at radius 3 is 3.18 bits per heavy atom. The zero-order valence-corrected chi connectivity index (χ0v) is 6.32. The van der Waals surface area contributed by atoms with Gasteiger partial charge in [0.2, 0.25) is 0 Å². The summed E-state index contributed by atoms with van der Waals surface area (Å²) in [6.07, 6.45) is 1.74. The first-order chi connectivity index (χ1) is 5.29. The molecule has 0 aliphatic carbocycles. The third-order valence-electron chi connectivity index (χ3n) is 1.93. The lowest BCUT2D eigenvalue weighted by Crippen LogP contribution is -2.25. The minimum Gasteiger partial charge on any atom is -0.496 e. The predicted molar refractivity (Wildman–Crippen MR) is 44.1 cm³/mol. The minimum atomic E-state index is -0.0637. The molecule has 56 valence electrons. The van der Waals surface area contributed by atoms with E-state index in [1.54, 1.807) is 6.20 Å². The molecule has 2 unspecified atom stereocenters. The SMILES string of the molecule is BC1Oc2cccnc2C1N. The maximum atomic E-state index is 5.80. The van der Waals surface area contributed by atoms with Crippen LogP contribution in [0.2, 0.25) is 0 Å². The average molecular weight is 148 g/mol.